The number of nitrogens with one attached hydrogen (secondary N) is 3. The average molecular weight is 396 g/mol. The smallest absolute Gasteiger partial charge is 0.253 e. The number of aliphatic hydroxyl groups excluding tert-OH is 1. The monoisotopic (exact) mass is 396 g/mol. The maximum absolute atomic E-state index is 11.8. The van der Waals surface area contributed by atoms with Crippen molar-refractivity contribution in [2.45, 2.75) is 44.2 Å². The minimum absolute atomic E-state index is 0.168. The van der Waals surface area contributed by atoms with Crippen molar-refractivity contribution in [2.75, 3.05) is 32.0 Å². The van der Waals surface area contributed by atoms with E-state index in [9.17, 15) is 15.3 Å². The molecule has 2 aromatic heterocycles. The number of fused-ring (bicyclic) bond motifs is 1. The second kappa shape index (κ2) is 7.48. The second-order valence-corrected chi connectivity index (χ2v) is 6.55. The molecule has 1 aliphatic heterocycles. The van der Waals surface area contributed by atoms with Crippen molar-refractivity contribution in [2.24, 2.45) is 0 Å². The molecule has 0 saturated carbocycles. The van der Waals surface area contributed by atoms with Gasteiger partial charge in [0, 0.05) is 0 Å². The number of rotatable bonds is 8. The van der Waals surface area contributed by atoms with E-state index in [4.69, 9.17) is 10.5 Å². The van der Waals surface area contributed by atoms with Crippen molar-refractivity contribution in [3.63, 3.8) is 0 Å². The van der Waals surface area contributed by atoms with Crippen molar-refractivity contribution < 1.29 is 20.1 Å². The summed E-state index contributed by atoms with van der Waals surface area (Å²) in [5.74, 6) is -1.60. The standard InChI is InChI=1S/C16H28N8O4/c1-4-21-14(26)10(7-25)28-16(23-6-3,15(14,27)22-5-2)24-9-20-11-12(17)18-8-19-13(11)24/h8-10,21-23,25-27H,4-7H2,1-3H3,(H2,17,18,19)/t10-,14-,15-,16+/m1/s1. The van der Waals surface area contributed by atoms with E-state index in [1.165, 1.54) is 17.2 Å². The SMILES string of the molecule is CCN[C@@]1(O)[C@@](O)(NCC)[C@@H](CO)O[C@@]1(NCC)n1cnc2c(N)ncnc21. The number of nitrogen functional groups attached to an aromatic ring is 1. The fourth-order valence-electron chi connectivity index (χ4n) is 3.87. The first-order chi connectivity index (χ1) is 13.3. The van der Waals surface area contributed by atoms with Crippen LogP contribution in [0.2, 0.25) is 0 Å². The fraction of sp³-hybridized carbons (Fsp3) is 0.688. The summed E-state index contributed by atoms with van der Waals surface area (Å²) < 4.78 is 7.55. The van der Waals surface area contributed by atoms with E-state index in [1.807, 2.05) is 6.92 Å². The zero-order valence-electron chi connectivity index (χ0n) is 16.2. The van der Waals surface area contributed by atoms with Crippen LogP contribution in [0, 0.1) is 0 Å². The summed E-state index contributed by atoms with van der Waals surface area (Å²) in [5.41, 5.74) is 2.35. The molecule has 0 spiro atoms. The maximum Gasteiger partial charge on any atom is 0.253 e. The van der Waals surface area contributed by atoms with Crippen LogP contribution in [-0.2, 0) is 10.6 Å². The Kier molecular flexibility index (Phi) is 5.55. The first-order valence-corrected chi connectivity index (χ1v) is 9.27. The Labute approximate surface area is 162 Å². The van der Waals surface area contributed by atoms with Crippen LogP contribution in [0.5, 0.6) is 0 Å². The Morgan fingerprint density at radius 3 is 2.39 bits per heavy atom. The second-order valence-electron chi connectivity index (χ2n) is 6.55. The van der Waals surface area contributed by atoms with Crippen LogP contribution in [0.15, 0.2) is 12.7 Å². The molecule has 8 N–H and O–H groups in total. The van der Waals surface area contributed by atoms with Gasteiger partial charge in [-0.2, -0.15) is 0 Å². The molecule has 0 aromatic carbocycles. The summed E-state index contributed by atoms with van der Waals surface area (Å²) >= 11 is 0. The Hall–Kier alpha value is -1.93. The predicted octanol–water partition coefficient (Wildman–Crippen LogP) is -2.38. The number of imidazole rings is 1. The van der Waals surface area contributed by atoms with Gasteiger partial charge < -0.3 is 25.8 Å². The number of anilines is 1. The molecule has 1 fully saturated rings. The van der Waals surface area contributed by atoms with Crippen molar-refractivity contribution in [3.05, 3.63) is 12.7 Å². The highest BCUT2D eigenvalue weighted by atomic mass is 16.6. The topological polar surface area (TPSA) is 176 Å². The molecule has 0 unspecified atom stereocenters. The van der Waals surface area contributed by atoms with Crippen molar-refractivity contribution in [1.29, 1.82) is 0 Å². The van der Waals surface area contributed by atoms with Crippen LogP contribution < -0.4 is 21.7 Å². The van der Waals surface area contributed by atoms with Crippen LogP contribution in [0.25, 0.3) is 11.2 Å². The van der Waals surface area contributed by atoms with E-state index in [-0.39, 0.29) is 5.82 Å². The number of hydrogen-bond acceptors (Lipinski definition) is 11. The van der Waals surface area contributed by atoms with Gasteiger partial charge in [0.15, 0.2) is 17.2 Å². The Bertz CT molecular complexity index is 834. The zero-order chi connectivity index (χ0) is 20.6. The lowest BCUT2D eigenvalue weighted by Crippen LogP contribution is -2.79. The summed E-state index contributed by atoms with van der Waals surface area (Å²) in [4.78, 5) is 12.4. The Morgan fingerprint density at radius 1 is 1.11 bits per heavy atom. The molecule has 4 atom stereocenters. The number of likely N-dealkylation sites (N-methyl/N-ethyl adjacent to an activating group) is 3. The van der Waals surface area contributed by atoms with Crippen LogP contribution in [0.3, 0.4) is 0 Å². The minimum Gasteiger partial charge on any atom is -0.393 e. The predicted molar refractivity (Wildman–Crippen MR) is 101 cm³/mol. The summed E-state index contributed by atoms with van der Waals surface area (Å²) in [7, 11) is 0. The molecule has 3 rings (SSSR count). The molecular weight excluding hydrogens is 368 g/mol. The van der Waals surface area contributed by atoms with Gasteiger partial charge in [-0.3, -0.25) is 20.5 Å². The molecule has 1 aliphatic rings. The summed E-state index contributed by atoms with van der Waals surface area (Å²) in [5, 5.41) is 42.1. The maximum atomic E-state index is 11.8. The Morgan fingerprint density at radius 2 is 1.79 bits per heavy atom. The third-order valence-corrected chi connectivity index (χ3v) is 4.98. The normalized spacial score (nSPS) is 33.0. The molecule has 1 saturated heterocycles. The van der Waals surface area contributed by atoms with Crippen LogP contribution in [-0.4, -0.2) is 78.6 Å². The minimum atomic E-state index is -2.12. The summed E-state index contributed by atoms with van der Waals surface area (Å²) in [6, 6.07) is 0. The lowest BCUT2D eigenvalue weighted by molar-refractivity contribution is -0.245. The number of aromatic nitrogens is 4. The van der Waals surface area contributed by atoms with Gasteiger partial charge in [0.1, 0.15) is 24.3 Å². The zero-order valence-corrected chi connectivity index (χ0v) is 16.2. The molecule has 0 amide bonds. The van der Waals surface area contributed by atoms with Gasteiger partial charge in [-0.05, 0) is 19.6 Å². The van der Waals surface area contributed by atoms with Crippen molar-refractivity contribution >= 4 is 17.0 Å². The van der Waals surface area contributed by atoms with Gasteiger partial charge in [0.25, 0.3) is 5.85 Å². The van der Waals surface area contributed by atoms with Crippen LogP contribution in [0.1, 0.15) is 20.8 Å². The molecule has 28 heavy (non-hydrogen) atoms. The van der Waals surface area contributed by atoms with Gasteiger partial charge >= 0.3 is 0 Å². The molecule has 12 heteroatoms. The average Bonchev–Trinajstić information content (AvgIpc) is 3.17. The van der Waals surface area contributed by atoms with E-state index in [2.05, 4.69) is 30.9 Å². The summed E-state index contributed by atoms with van der Waals surface area (Å²) in [6.45, 7) is 5.78. The first-order valence-electron chi connectivity index (χ1n) is 9.27. The lowest BCUT2D eigenvalue weighted by atomic mass is 9.91. The molecular formula is C16H28N8O4. The lowest BCUT2D eigenvalue weighted by Gasteiger charge is -2.47. The largest absolute Gasteiger partial charge is 0.393 e. The number of ether oxygens (including phenoxy) is 1. The molecule has 0 bridgehead atoms. The van der Waals surface area contributed by atoms with E-state index in [0.29, 0.717) is 30.8 Å². The van der Waals surface area contributed by atoms with Gasteiger partial charge in [-0.25, -0.2) is 15.0 Å². The highest BCUT2D eigenvalue weighted by Crippen LogP contribution is 2.46. The quantitative estimate of drug-likeness (QED) is 0.237. The number of hydrogen-bond donors (Lipinski definition) is 7. The molecule has 0 aliphatic carbocycles. The highest BCUT2D eigenvalue weighted by molar-refractivity contribution is 5.81. The third-order valence-electron chi connectivity index (χ3n) is 4.98. The number of nitrogens with zero attached hydrogens (tertiary/aromatic N) is 4. The molecule has 156 valence electrons. The van der Waals surface area contributed by atoms with Gasteiger partial charge in [-0.1, -0.05) is 20.8 Å². The van der Waals surface area contributed by atoms with Crippen LogP contribution >= 0.6 is 0 Å². The van der Waals surface area contributed by atoms with Gasteiger partial charge in [0.2, 0.25) is 5.72 Å². The van der Waals surface area contributed by atoms with Crippen LogP contribution in [0.4, 0.5) is 5.82 Å². The first kappa shape index (κ1) is 20.8. The fourth-order valence-corrected chi connectivity index (χ4v) is 3.87. The van der Waals surface area contributed by atoms with Crippen molar-refractivity contribution in [3.8, 4) is 0 Å². The third kappa shape index (κ3) is 2.61. The number of nitrogens with two attached hydrogens (primary N) is 1. The Balaban J connectivity index is 2.31. The van der Waals surface area contributed by atoms with Gasteiger partial charge in [-0.15, -0.1) is 0 Å². The van der Waals surface area contributed by atoms with E-state index >= 15 is 0 Å². The van der Waals surface area contributed by atoms with E-state index in [0.717, 1.165) is 0 Å². The number of aliphatic hydroxyl groups is 3. The van der Waals surface area contributed by atoms with Crippen molar-refractivity contribution in [1.82, 2.24) is 35.5 Å². The highest BCUT2D eigenvalue weighted by Gasteiger charge is 2.74. The molecule has 12 nitrogen and oxygen atoms in total. The molecule has 3 heterocycles. The van der Waals surface area contributed by atoms with E-state index < -0.39 is 30.0 Å². The summed E-state index contributed by atoms with van der Waals surface area (Å²) in [6.07, 6.45) is 1.50. The van der Waals surface area contributed by atoms with Gasteiger partial charge in [0.05, 0.1) is 6.61 Å². The van der Waals surface area contributed by atoms with E-state index in [1.54, 1.807) is 13.8 Å². The molecule has 0 radical (unpaired) electrons. The molecule has 2 aromatic rings.